The van der Waals surface area contributed by atoms with Crippen LogP contribution >= 0.6 is 0 Å². The average molecular weight is 568 g/mol. The summed E-state index contributed by atoms with van der Waals surface area (Å²) >= 11 is 0. The molecule has 0 heterocycles. The van der Waals surface area contributed by atoms with Gasteiger partial charge in [0.1, 0.15) is 37.9 Å². The van der Waals surface area contributed by atoms with Crippen molar-refractivity contribution in [1.29, 1.82) is 10.5 Å². The Labute approximate surface area is 215 Å². The average Bonchev–Trinajstić information content (AvgIpc) is 2.80. The number of ether oxygens (including phenoxy) is 4. The lowest BCUT2D eigenvalue weighted by molar-refractivity contribution is -0.142. The maximum absolute atomic E-state index is 11.4. The van der Waals surface area contributed by atoms with E-state index in [9.17, 15) is 36.9 Å². The first-order valence-corrected chi connectivity index (χ1v) is 12.9. The van der Waals surface area contributed by atoms with Gasteiger partial charge >= 0.3 is 11.9 Å². The molecule has 18 heteroatoms. The molecule has 0 aliphatic carbocycles. The van der Waals surface area contributed by atoms with E-state index in [-0.39, 0.29) is 21.9 Å². The summed E-state index contributed by atoms with van der Waals surface area (Å²) in [5.74, 6) is -5.60. The van der Waals surface area contributed by atoms with Crippen LogP contribution < -0.4 is 19.9 Å². The zero-order valence-electron chi connectivity index (χ0n) is 19.0. The van der Waals surface area contributed by atoms with Gasteiger partial charge in [-0.05, 0) is 12.1 Å². The van der Waals surface area contributed by atoms with E-state index in [4.69, 9.17) is 31.7 Å². The number of nitrogens with zero attached hydrogens (tertiary/aromatic N) is 4. The number of benzene rings is 1. The third kappa shape index (κ3) is 10.9. The Hall–Kier alpha value is -4.72. The second-order valence-corrected chi connectivity index (χ2v) is 9.48. The Kier molecular flexibility index (Phi) is 11.6. The molecule has 0 bridgehead atoms. The fraction of sp³-hybridized carbons (Fsp3) is 0.300. The molecule has 200 valence electrons. The summed E-state index contributed by atoms with van der Waals surface area (Å²) in [6.07, 6.45) is 0. The van der Waals surface area contributed by atoms with Crippen molar-refractivity contribution in [2.45, 2.75) is 0 Å². The van der Waals surface area contributed by atoms with Gasteiger partial charge in [-0.25, -0.2) is 20.2 Å². The fourth-order valence-corrected chi connectivity index (χ4v) is 3.22. The van der Waals surface area contributed by atoms with Gasteiger partial charge in [-0.3, -0.25) is 18.7 Å². The van der Waals surface area contributed by atoms with E-state index >= 15 is 0 Å². The van der Waals surface area contributed by atoms with Gasteiger partial charge in [0, 0.05) is 10.4 Å². The Bertz CT molecular complexity index is 1450. The Morgan fingerprint density at radius 3 is 1.37 bits per heavy atom. The summed E-state index contributed by atoms with van der Waals surface area (Å²) in [4.78, 5) is 28.8. The number of carbonyl (C=O) groups is 2. The predicted molar refractivity (Wildman–Crippen MR) is 123 cm³/mol. The van der Waals surface area contributed by atoms with Gasteiger partial charge in [-0.1, -0.05) is 0 Å². The van der Waals surface area contributed by atoms with Gasteiger partial charge < -0.3 is 18.9 Å². The minimum absolute atomic E-state index is 0.170. The maximum atomic E-state index is 11.4. The Balaban J connectivity index is 3.30. The van der Waals surface area contributed by atoms with E-state index in [2.05, 4.69) is 19.2 Å². The molecule has 16 nitrogen and oxygen atoms in total. The van der Waals surface area contributed by atoms with Crippen molar-refractivity contribution in [3.8, 4) is 23.6 Å². The highest BCUT2D eigenvalue weighted by Crippen LogP contribution is 2.12. The summed E-state index contributed by atoms with van der Waals surface area (Å²) in [6, 6.07) is 5.39. The Morgan fingerprint density at radius 2 is 1.11 bits per heavy atom. The van der Waals surface area contributed by atoms with Crippen molar-refractivity contribution in [3.63, 3.8) is 0 Å². The number of rotatable bonds is 12. The van der Waals surface area contributed by atoms with Crippen LogP contribution in [0.2, 0.25) is 0 Å². The second kappa shape index (κ2) is 14.1. The van der Waals surface area contributed by atoms with E-state index in [1.165, 1.54) is 0 Å². The molecule has 38 heavy (non-hydrogen) atoms. The lowest BCUT2D eigenvalue weighted by atomic mass is 10.1. The van der Waals surface area contributed by atoms with Crippen LogP contribution in [0.25, 0.3) is 21.1 Å². The van der Waals surface area contributed by atoms with E-state index < -0.39 is 81.5 Å². The molecule has 0 fully saturated rings. The minimum atomic E-state index is -4.61. The monoisotopic (exact) mass is 568 g/mol. The normalized spacial score (nSPS) is 12.4. The molecule has 0 aliphatic heterocycles. The van der Waals surface area contributed by atoms with Gasteiger partial charge in [-0.2, -0.15) is 16.8 Å². The fourth-order valence-electron chi connectivity index (χ4n) is 2.46. The smallest absolute Gasteiger partial charge is 0.323 e. The molecule has 0 aromatic heterocycles. The van der Waals surface area contributed by atoms with E-state index in [0.717, 1.165) is 12.1 Å². The van der Waals surface area contributed by atoms with Crippen molar-refractivity contribution < 1.29 is 54.5 Å². The molecule has 0 spiro atoms. The van der Waals surface area contributed by atoms with Gasteiger partial charge in [0.05, 0.1) is 25.3 Å². The van der Waals surface area contributed by atoms with E-state index in [0.29, 0.717) is 0 Å². The van der Waals surface area contributed by atoms with Crippen LogP contribution in [0, 0.1) is 35.8 Å². The number of esters is 2. The van der Waals surface area contributed by atoms with Gasteiger partial charge in [0.2, 0.25) is 0 Å². The third-order valence-corrected chi connectivity index (χ3v) is 5.04. The summed E-state index contributed by atoms with van der Waals surface area (Å²) < 4.78 is 80.0. The standard InChI is InChI=1S/C20H16N4O12S2/c1-23-15(9-21)13-7-18(34-4-6-36-20(26)12-38(30,31)32)14(16(10-22)24-2)8-17(13)33-3-5-35-19(25)11-37(27,28)29/h7-8H,3-6,11-12H2,(H,27,28,29)(H,30,31,32)/b15-13-,16-14+. The molecule has 0 unspecified atom stereocenters. The molecule has 0 amide bonds. The van der Waals surface area contributed by atoms with Crippen molar-refractivity contribution in [2.75, 3.05) is 37.9 Å². The number of hydrogen-bond donors (Lipinski definition) is 2. The molecule has 1 rings (SSSR count). The number of hydrogen-bond acceptors (Lipinski definition) is 12. The number of nitriles is 2. The van der Waals surface area contributed by atoms with Crippen LogP contribution in [0.5, 0.6) is 11.5 Å². The number of carbonyl (C=O) groups excluding carboxylic acids is 2. The quantitative estimate of drug-likeness (QED) is 0.125. The van der Waals surface area contributed by atoms with Crippen LogP contribution in [0.15, 0.2) is 12.1 Å². The zero-order chi connectivity index (χ0) is 28.9. The van der Waals surface area contributed by atoms with Crippen LogP contribution in [0.3, 0.4) is 0 Å². The second-order valence-electron chi connectivity index (χ2n) is 6.58. The Morgan fingerprint density at radius 1 is 0.763 bits per heavy atom. The SMILES string of the molecule is [C-]#[N+]/C(C#N)=c1/cc(OCCOC(=O)CS(=O)(=O)O)/c(=C(\C#N)[N+]#[C-])cc1OCCOC(=O)CS(=O)(=O)O. The van der Waals surface area contributed by atoms with Gasteiger partial charge in [0.15, 0.2) is 11.5 Å². The molecule has 1 aromatic rings. The van der Waals surface area contributed by atoms with Gasteiger partial charge in [-0.15, -0.1) is 0 Å². The molecule has 1 aromatic carbocycles. The van der Waals surface area contributed by atoms with E-state index in [1.54, 1.807) is 12.1 Å². The highest BCUT2D eigenvalue weighted by molar-refractivity contribution is 7.86. The summed E-state index contributed by atoms with van der Waals surface area (Å²) in [5.41, 5.74) is -1.03. The van der Waals surface area contributed by atoms with Crippen LogP contribution in [-0.4, -0.2) is 75.8 Å². The summed E-state index contributed by atoms with van der Waals surface area (Å²) in [7, 11) is -9.23. The van der Waals surface area contributed by atoms with Crippen molar-refractivity contribution in [3.05, 3.63) is 45.4 Å². The first kappa shape index (κ1) is 31.3. The topological polar surface area (TPSA) is 236 Å². The molecule has 0 aliphatic rings. The lowest BCUT2D eigenvalue weighted by Crippen LogP contribution is -2.24. The van der Waals surface area contributed by atoms with Crippen LogP contribution in [0.1, 0.15) is 0 Å². The lowest BCUT2D eigenvalue weighted by Gasteiger charge is -2.12. The van der Waals surface area contributed by atoms with Crippen LogP contribution in [0.4, 0.5) is 0 Å². The van der Waals surface area contributed by atoms with Crippen molar-refractivity contribution in [1.82, 2.24) is 0 Å². The molecule has 0 saturated heterocycles. The summed E-state index contributed by atoms with van der Waals surface area (Å²) in [6.45, 7) is 12.5. The maximum Gasteiger partial charge on any atom is 0.323 e. The molecule has 0 radical (unpaired) electrons. The first-order valence-electron chi connectivity index (χ1n) is 9.69. The predicted octanol–water partition coefficient (Wildman–Crippen LogP) is -1.59. The minimum Gasteiger partial charge on any atom is -0.491 e. The molecule has 2 N–H and O–H groups in total. The zero-order valence-corrected chi connectivity index (χ0v) is 20.6. The van der Waals surface area contributed by atoms with E-state index in [1.807, 2.05) is 0 Å². The molecular formula is C20H16N4O12S2. The van der Waals surface area contributed by atoms with Gasteiger partial charge in [0.25, 0.3) is 31.6 Å². The molecule has 0 saturated carbocycles. The molecule has 0 atom stereocenters. The molecular weight excluding hydrogens is 552 g/mol. The summed E-state index contributed by atoms with van der Waals surface area (Å²) in [5, 5.41) is 18.3. The van der Waals surface area contributed by atoms with Crippen molar-refractivity contribution in [2.24, 2.45) is 0 Å². The third-order valence-electron chi connectivity index (χ3n) is 3.84. The van der Waals surface area contributed by atoms with Crippen LogP contribution in [-0.2, 0) is 39.3 Å². The first-order chi connectivity index (χ1) is 17.7. The largest absolute Gasteiger partial charge is 0.491 e. The van der Waals surface area contributed by atoms with Crippen molar-refractivity contribution >= 4 is 43.6 Å². The highest BCUT2D eigenvalue weighted by atomic mass is 32.2. The highest BCUT2D eigenvalue weighted by Gasteiger charge is 2.16.